The van der Waals surface area contributed by atoms with Gasteiger partial charge in [-0.1, -0.05) is 38.5 Å². The summed E-state index contributed by atoms with van der Waals surface area (Å²) >= 11 is 0. The zero-order valence-corrected chi connectivity index (χ0v) is 14.9. The Balaban J connectivity index is 1.83. The van der Waals surface area contributed by atoms with E-state index in [4.69, 9.17) is 0 Å². The predicted molar refractivity (Wildman–Crippen MR) is 94.8 cm³/mol. The largest absolute Gasteiger partial charge is 0.375 e. The van der Waals surface area contributed by atoms with Gasteiger partial charge in [-0.2, -0.15) is 0 Å². The van der Waals surface area contributed by atoms with Crippen molar-refractivity contribution < 1.29 is 10.0 Å². The van der Waals surface area contributed by atoms with Crippen LogP contribution in [0, 0.1) is 10.1 Å². The second-order valence-electron chi connectivity index (χ2n) is 7.72. The number of aromatic nitrogens is 2. The Labute approximate surface area is 149 Å². The van der Waals surface area contributed by atoms with Gasteiger partial charge in [-0.05, 0) is 25.7 Å². The van der Waals surface area contributed by atoms with Crippen LogP contribution in [0.5, 0.6) is 0 Å². The standard InChI is InChI=1S/C18H30N4O3/c23-18(14-22(24)25,17-19-11-12-20-17)13-21(15-7-3-1-4-8-15)16-9-5-2-6-10-16/h11-12,15-16,23H,1-10,13-14H2,(H,19,20). The summed E-state index contributed by atoms with van der Waals surface area (Å²) in [5, 5.41) is 22.4. The molecule has 2 aliphatic carbocycles. The van der Waals surface area contributed by atoms with E-state index in [1.165, 1.54) is 38.5 Å². The molecule has 0 bridgehead atoms. The Morgan fingerprint density at radius 2 is 1.72 bits per heavy atom. The Morgan fingerprint density at radius 3 is 2.16 bits per heavy atom. The minimum absolute atomic E-state index is 0.289. The number of imidazole rings is 1. The summed E-state index contributed by atoms with van der Waals surface area (Å²) in [5.74, 6) is 0.306. The Hall–Kier alpha value is -1.47. The molecule has 1 heterocycles. The topological polar surface area (TPSA) is 95.3 Å². The molecule has 7 nitrogen and oxygen atoms in total. The lowest BCUT2D eigenvalue weighted by Gasteiger charge is -2.44. The number of nitrogens with zero attached hydrogens (tertiary/aromatic N) is 3. The van der Waals surface area contributed by atoms with E-state index in [2.05, 4.69) is 14.9 Å². The molecule has 25 heavy (non-hydrogen) atoms. The monoisotopic (exact) mass is 350 g/mol. The quantitative estimate of drug-likeness (QED) is 0.582. The smallest absolute Gasteiger partial charge is 0.240 e. The van der Waals surface area contributed by atoms with E-state index >= 15 is 0 Å². The molecule has 140 valence electrons. The molecule has 2 N–H and O–H groups in total. The first kappa shape index (κ1) is 18.3. The Bertz CT molecular complexity index is 521. The van der Waals surface area contributed by atoms with E-state index in [-0.39, 0.29) is 6.54 Å². The molecule has 3 rings (SSSR count). The van der Waals surface area contributed by atoms with Crippen molar-refractivity contribution in [1.29, 1.82) is 0 Å². The van der Waals surface area contributed by atoms with Crippen molar-refractivity contribution >= 4 is 0 Å². The molecular formula is C18H30N4O3. The van der Waals surface area contributed by atoms with Crippen molar-refractivity contribution in [2.24, 2.45) is 0 Å². The SMILES string of the molecule is O=[N+]([O-])CC(O)(CN(C1CCCCC1)C1CCCCC1)c1ncc[nH]1. The second-order valence-corrected chi connectivity index (χ2v) is 7.72. The molecule has 2 aliphatic rings. The van der Waals surface area contributed by atoms with Gasteiger partial charge < -0.3 is 10.1 Å². The van der Waals surface area contributed by atoms with E-state index in [0.717, 1.165) is 25.7 Å². The van der Waals surface area contributed by atoms with Gasteiger partial charge in [0.05, 0.1) is 0 Å². The molecule has 1 aromatic rings. The van der Waals surface area contributed by atoms with Crippen LogP contribution in [0.4, 0.5) is 0 Å². The van der Waals surface area contributed by atoms with Crippen LogP contribution < -0.4 is 0 Å². The van der Waals surface area contributed by atoms with Crippen molar-refractivity contribution in [3.63, 3.8) is 0 Å². The fourth-order valence-corrected chi connectivity index (χ4v) is 4.62. The highest BCUT2D eigenvalue weighted by molar-refractivity contribution is 5.05. The van der Waals surface area contributed by atoms with Gasteiger partial charge in [0.1, 0.15) is 5.82 Å². The average Bonchev–Trinajstić information content (AvgIpc) is 3.16. The van der Waals surface area contributed by atoms with Gasteiger partial charge in [-0.3, -0.25) is 15.0 Å². The number of aliphatic hydroxyl groups is 1. The molecule has 2 fully saturated rings. The van der Waals surface area contributed by atoms with Crippen molar-refractivity contribution in [3.8, 4) is 0 Å². The van der Waals surface area contributed by atoms with Crippen LogP contribution in [0.3, 0.4) is 0 Å². The van der Waals surface area contributed by atoms with Crippen LogP contribution >= 0.6 is 0 Å². The van der Waals surface area contributed by atoms with Crippen molar-refractivity contribution in [2.75, 3.05) is 13.1 Å². The first-order chi connectivity index (χ1) is 12.1. The first-order valence-corrected chi connectivity index (χ1v) is 9.68. The highest BCUT2D eigenvalue weighted by Crippen LogP contribution is 2.33. The zero-order valence-electron chi connectivity index (χ0n) is 14.9. The maximum absolute atomic E-state index is 11.2. The summed E-state index contributed by atoms with van der Waals surface area (Å²) < 4.78 is 0. The van der Waals surface area contributed by atoms with E-state index < -0.39 is 17.1 Å². The third-order valence-electron chi connectivity index (χ3n) is 5.86. The average molecular weight is 350 g/mol. The number of rotatable bonds is 7. The molecule has 0 spiro atoms. The third-order valence-corrected chi connectivity index (χ3v) is 5.86. The zero-order chi connectivity index (χ0) is 17.7. The van der Waals surface area contributed by atoms with E-state index in [0.29, 0.717) is 17.9 Å². The Kier molecular flexibility index (Phi) is 6.06. The fourth-order valence-electron chi connectivity index (χ4n) is 4.62. The number of nitrogens with one attached hydrogen (secondary N) is 1. The molecule has 1 aromatic heterocycles. The second kappa shape index (κ2) is 8.27. The molecule has 1 atom stereocenters. The number of hydrogen-bond donors (Lipinski definition) is 2. The number of H-pyrrole nitrogens is 1. The van der Waals surface area contributed by atoms with Gasteiger partial charge in [-0.15, -0.1) is 0 Å². The molecule has 0 aliphatic heterocycles. The molecule has 0 aromatic carbocycles. The summed E-state index contributed by atoms with van der Waals surface area (Å²) in [7, 11) is 0. The minimum atomic E-state index is -1.57. The van der Waals surface area contributed by atoms with Crippen LogP contribution in [0.15, 0.2) is 12.4 Å². The van der Waals surface area contributed by atoms with Crippen molar-refractivity contribution in [2.45, 2.75) is 81.9 Å². The molecular weight excluding hydrogens is 320 g/mol. The van der Waals surface area contributed by atoms with Crippen LogP contribution in [0.25, 0.3) is 0 Å². The maximum Gasteiger partial charge on any atom is 0.240 e. The molecule has 0 radical (unpaired) electrons. The molecule has 0 saturated heterocycles. The van der Waals surface area contributed by atoms with Gasteiger partial charge in [0.15, 0.2) is 5.60 Å². The third kappa shape index (κ3) is 4.58. The molecule has 0 amide bonds. The van der Waals surface area contributed by atoms with Crippen LogP contribution in [-0.4, -0.2) is 50.1 Å². The van der Waals surface area contributed by atoms with Gasteiger partial charge in [0.25, 0.3) is 0 Å². The molecule has 2 saturated carbocycles. The minimum Gasteiger partial charge on any atom is -0.375 e. The summed E-state index contributed by atoms with van der Waals surface area (Å²) in [6, 6.07) is 0.843. The van der Waals surface area contributed by atoms with Gasteiger partial charge in [-0.25, -0.2) is 4.98 Å². The van der Waals surface area contributed by atoms with Crippen molar-refractivity contribution in [1.82, 2.24) is 14.9 Å². The molecule has 1 unspecified atom stereocenters. The number of aromatic amines is 1. The summed E-state index contributed by atoms with van der Waals surface area (Å²) in [6.07, 6.45) is 15.1. The fraction of sp³-hybridized carbons (Fsp3) is 0.833. The van der Waals surface area contributed by atoms with Gasteiger partial charge in [0.2, 0.25) is 6.54 Å². The summed E-state index contributed by atoms with van der Waals surface area (Å²) in [6.45, 7) is -0.229. The van der Waals surface area contributed by atoms with Gasteiger partial charge in [0, 0.05) is 35.9 Å². The number of hydrogen-bond acceptors (Lipinski definition) is 5. The lowest BCUT2D eigenvalue weighted by Crippen LogP contribution is -2.54. The van der Waals surface area contributed by atoms with Crippen LogP contribution in [0.1, 0.15) is 70.0 Å². The van der Waals surface area contributed by atoms with Crippen LogP contribution in [-0.2, 0) is 5.60 Å². The highest BCUT2D eigenvalue weighted by atomic mass is 16.6. The Morgan fingerprint density at radius 1 is 1.16 bits per heavy atom. The lowest BCUT2D eigenvalue weighted by molar-refractivity contribution is -0.503. The lowest BCUT2D eigenvalue weighted by atomic mass is 9.87. The first-order valence-electron chi connectivity index (χ1n) is 9.68. The predicted octanol–water partition coefficient (Wildman–Crippen LogP) is 2.84. The normalized spacial score (nSPS) is 22.8. The van der Waals surface area contributed by atoms with Gasteiger partial charge >= 0.3 is 0 Å². The van der Waals surface area contributed by atoms with Crippen molar-refractivity contribution in [3.05, 3.63) is 28.3 Å². The van der Waals surface area contributed by atoms with E-state index in [9.17, 15) is 15.2 Å². The summed E-state index contributed by atoms with van der Waals surface area (Å²) in [4.78, 5) is 20.2. The highest BCUT2D eigenvalue weighted by Gasteiger charge is 2.43. The number of nitro groups is 1. The van der Waals surface area contributed by atoms with E-state index in [1.807, 2.05) is 0 Å². The van der Waals surface area contributed by atoms with Crippen LogP contribution in [0.2, 0.25) is 0 Å². The van der Waals surface area contributed by atoms with E-state index in [1.54, 1.807) is 12.4 Å². The summed E-state index contributed by atoms with van der Waals surface area (Å²) in [5.41, 5.74) is -1.57. The maximum atomic E-state index is 11.2. The molecule has 7 heteroatoms.